The average Bonchev–Trinajstić information content (AvgIpc) is 3.20. The molecule has 0 aliphatic heterocycles. The van der Waals surface area contributed by atoms with E-state index in [9.17, 15) is 0 Å². The van der Waals surface area contributed by atoms with Gasteiger partial charge >= 0.3 is 0 Å². The molecular weight excluding hydrogens is 665 g/mol. The first-order valence-electron chi connectivity index (χ1n) is 19.4. The molecule has 0 amide bonds. The lowest BCUT2D eigenvalue weighted by Crippen LogP contribution is -1.99. The van der Waals surface area contributed by atoms with Gasteiger partial charge in [0.2, 0.25) is 0 Å². The molecule has 4 nitrogen and oxygen atoms in total. The molecule has 0 saturated carbocycles. The number of benzene rings is 5. The second kappa shape index (κ2) is 21.7. The first kappa shape index (κ1) is 39.5. The number of ether oxygens (including phenoxy) is 4. The van der Waals surface area contributed by atoms with Crippen LogP contribution in [0.15, 0.2) is 109 Å². The third kappa shape index (κ3) is 12.7. The largest absolute Gasteiger partial charge is 0.494 e. The van der Waals surface area contributed by atoms with Crippen LogP contribution in [-0.2, 0) is 0 Å². The fourth-order valence-corrected chi connectivity index (χ4v) is 5.63. The van der Waals surface area contributed by atoms with E-state index < -0.39 is 0 Å². The van der Waals surface area contributed by atoms with E-state index in [4.69, 9.17) is 18.9 Å². The van der Waals surface area contributed by atoms with Crippen molar-refractivity contribution < 1.29 is 18.9 Å². The van der Waals surface area contributed by atoms with Crippen molar-refractivity contribution in [2.75, 3.05) is 26.4 Å². The fourth-order valence-electron chi connectivity index (χ4n) is 5.63. The van der Waals surface area contributed by atoms with Crippen LogP contribution in [0.3, 0.4) is 0 Å². The van der Waals surface area contributed by atoms with E-state index in [0.717, 1.165) is 106 Å². The molecule has 4 heteroatoms. The van der Waals surface area contributed by atoms with Gasteiger partial charge in [-0.2, -0.15) is 0 Å². The molecule has 0 heterocycles. The Balaban J connectivity index is 1.22. The molecule has 54 heavy (non-hydrogen) atoms. The van der Waals surface area contributed by atoms with Crippen LogP contribution in [0.25, 0.3) is 48.6 Å². The summed E-state index contributed by atoms with van der Waals surface area (Å²) >= 11 is 0. The van der Waals surface area contributed by atoms with Crippen LogP contribution in [-0.4, -0.2) is 26.4 Å². The molecule has 0 spiro atoms. The van der Waals surface area contributed by atoms with Crippen molar-refractivity contribution in [3.63, 3.8) is 0 Å². The third-order valence-corrected chi connectivity index (χ3v) is 8.76. The van der Waals surface area contributed by atoms with Gasteiger partial charge in [0.25, 0.3) is 0 Å². The SMILES string of the molecule is CCCCOc1ccc(/C=C/c2ccc(/C=C/c3cc(OCC)c(/C=C/c4ccc(/C=C/c5ccc(OCCCC)cc5)cc4)cc3OCC)cc2)cc1. The lowest BCUT2D eigenvalue weighted by atomic mass is 10.0. The maximum atomic E-state index is 6.11. The van der Waals surface area contributed by atoms with Crippen LogP contribution in [0, 0.1) is 0 Å². The van der Waals surface area contributed by atoms with E-state index in [1.165, 1.54) is 0 Å². The first-order chi connectivity index (χ1) is 26.6. The van der Waals surface area contributed by atoms with Crippen LogP contribution in [0.5, 0.6) is 23.0 Å². The van der Waals surface area contributed by atoms with Gasteiger partial charge in [0.15, 0.2) is 0 Å². The minimum atomic E-state index is 0.569. The van der Waals surface area contributed by atoms with Crippen LogP contribution >= 0.6 is 0 Å². The average molecular weight is 719 g/mol. The summed E-state index contributed by atoms with van der Waals surface area (Å²) in [5, 5.41) is 0. The van der Waals surface area contributed by atoms with Crippen molar-refractivity contribution in [2.45, 2.75) is 53.4 Å². The molecule has 5 aromatic carbocycles. The summed E-state index contributed by atoms with van der Waals surface area (Å²) in [6.07, 6.45) is 21.3. The maximum Gasteiger partial charge on any atom is 0.127 e. The number of rotatable bonds is 20. The van der Waals surface area contributed by atoms with Crippen molar-refractivity contribution in [1.82, 2.24) is 0 Å². The van der Waals surface area contributed by atoms with Gasteiger partial charge < -0.3 is 18.9 Å². The van der Waals surface area contributed by atoms with Gasteiger partial charge in [0.1, 0.15) is 23.0 Å². The van der Waals surface area contributed by atoms with Crippen molar-refractivity contribution >= 4 is 48.6 Å². The Labute approximate surface area is 323 Å². The summed E-state index contributed by atoms with van der Waals surface area (Å²) in [5.41, 5.74) is 8.71. The lowest BCUT2D eigenvalue weighted by molar-refractivity contribution is 0.309. The minimum Gasteiger partial charge on any atom is -0.494 e. The summed E-state index contributed by atoms with van der Waals surface area (Å²) in [5.74, 6) is 3.47. The fraction of sp³-hybridized carbons (Fsp3) is 0.240. The molecule has 0 bridgehead atoms. The Morgan fingerprint density at radius 1 is 0.352 bits per heavy atom. The zero-order valence-electron chi connectivity index (χ0n) is 32.3. The third-order valence-electron chi connectivity index (χ3n) is 8.76. The van der Waals surface area contributed by atoms with Crippen LogP contribution in [0.1, 0.15) is 97.9 Å². The Hall–Kier alpha value is -5.74. The topological polar surface area (TPSA) is 36.9 Å². The van der Waals surface area contributed by atoms with E-state index in [2.05, 4.69) is 147 Å². The number of hydrogen-bond donors (Lipinski definition) is 0. The summed E-state index contributed by atoms with van der Waals surface area (Å²) in [4.78, 5) is 0. The zero-order valence-corrected chi connectivity index (χ0v) is 32.3. The van der Waals surface area contributed by atoms with E-state index >= 15 is 0 Å². The van der Waals surface area contributed by atoms with E-state index in [0.29, 0.717) is 13.2 Å². The molecule has 5 rings (SSSR count). The van der Waals surface area contributed by atoms with Gasteiger partial charge in [-0.15, -0.1) is 0 Å². The van der Waals surface area contributed by atoms with Gasteiger partial charge in [0.05, 0.1) is 26.4 Å². The highest BCUT2D eigenvalue weighted by atomic mass is 16.5. The second-order valence-electron chi connectivity index (χ2n) is 13.0. The van der Waals surface area contributed by atoms with E-state index in [-0.39, 0.29) is 0 Å². The highest BCUT2D eigenvalue weighted by molar-refractivity contribution is 5.80. The highest BCUT2D eigenvalue weighted by Crippen LogP contribution is 2.32. The lowest BCUT2D eigenvalue weighted by Gasteiger charge is -2.14. The normalized spacial score (nSPS) is 11.6. The van der Waals surface area contributed by atoms with Gasteiger partial charge in [0, 0.05) is 11.1 Å². The number of unbranched alkanes of at least 4 members (excludes halogenated alkanes) is 2. The molecule has 5 aromatic rings. The van der Waals surface area contributed by atoms with Gasteiger partial charge in [-0.25, -0.2) is 0 Å². The molecule has 0 fully saturated rings. The van der Waals surface area contributed by atoms with Crippen LogP contribution < -0.4 is 18.9 Å². The summed E-state index contributed by atoms with van der Waals surface area (Å²) in [7, 11) is 0. The van der Waals surface area contributed by atoms with Crippen LogP contribution in [0.2, 0.25) is 0 Å². The molecule has 0 aliphatic rings. The maximum absolute atomic E-state index is 6.11. The van der Waals surface area contributed by atoms with Gasteiger partial charge in [-0.3, -0.25) is 0 Å². The van der Waals surface area contributed by atoms with E-state index in [1.807, 2.05) is 38.1 Å². The predicted octanol–water partition coefficient (Wildman–Crippen LogP) is 13.5. The molecule has 0 aliphatic carbocycles. The molecular formula is C50H54O4. The Kier molecular flexibility index (Phi) is 15.9. The number of hydrogen-bond acceptors (Lipinski definition) is 4. The molecule has 278 valence electrons. The molecule has 0 saturated heterocycles. The molecule has 0 radical (unpaired) electrons. The molecule has 0 atom stereocenters. The molecule has 0 aromatic heterocycles. The monoisotopic (exact) mass is 718 g/mol. The van der Waals surface area contributed by atoms with E-state index in [1.54, 1.807) is 0 Å². The minimum absolute atomic E-state index is 0.569. The molecule has 0 N–H and O–H groups in total. The van der Waals surface area contributed by atoms with Crippen LogP contribution in [0.4, 0.5) is 0 Å². The quantitative estimate of drug-likeness (QED) is 0.0593. The smallest absolute Gasteiger partial charge is 0.127 e. The Morgan fingerprint density at radius 3 is 0.907 bits per heavy atom. The van der Waals surface area contributed by atoms with Crippen molar-refractivity contribution in [2.24, 2.45) is 0 Å². The standard InChI is InChI=1S/C50H54O4/c1-5-9-35-53-47-31-25-43(26-32-47)21-15-39-11-17-41(18-12-39)23-29-45-37-50(52-8-4)46(38-49(45)51-7-3)30-24-42-19-13-40(14-20-42)16-22-44-27-33-48(34-28-44)54-36-10-6-2/h11-34,37-38H,5-10,35-36H2,1-4H3/b21-15+,22-16+,29-23+,30-24+. The highest BCUT2D eigenvalue weighted by Gasteiger charge is 2.09. The summed E-state index contributed by atoms with van der Waals surface area (Å²) in [6.45, 7) is 11.0. The summed E-state index contributed by atoms with van der Waals surface area (Å²) < 4.78 is 23.8. The Morgan fingerprint density at radius 2 is 0.630 bits per heavy atom. The summed E-state index contributed by atoms with van der Waals surface area (Å²) in [6, 6.07) is 37.7. The van der Waals surface area contributed by atoms with Crippen molar-refractivity contribution in [3.05, 3.63) is 154 Å². The predicted molar refractivity (Wildman–Crippen MR) is 231 cm³/mol. The zero-order chi connectivity index (χ0) is 37.8. The van der Waals surface area contributed by atoms with Gasteiger partial charge in [-0.05, 0) is 96.5 Å². The van der Waals surface area contributed by atoms with Gasteiger partial charge in [-0.1, -0.05) is 148 Å². The van der Waals surface area contributed by atoms with Crippen molar-refractivity contribution in [1.29, 1.82) is 0 Å². The second-order valence-corrected chi connectivity index (χ2v) is 13.0. The molecule has 0 unspecified atom stereocenters. The first-order valence-corrected chi connectivity index (χ1v) is 19.4. The Bertz CT molecular complexity index is 1820. The van der Waals surface area contributed by atoms with Crippen molar-refractivity contribution in [3.8, 4) is 23.0 Å².